The summed E-state index contributed by atoms with van der Waals surface area (Å²) in [5.74, 6) is 0.723. The third-order valence-corrected chi connectivity index (χ3v) is 5.64. The van der Waals surface area contributed by atoms with Crippen LogP contribution >= 0.6 is 11.3 Å². The molecular weight excluding hydrogens is 386 g/mol. The van der Waals surface area contributed by atoms with Crippen LogP contribution in [-0.4, -0.2) is 42.0 Å². The van der Waals surface area contributed by atoms with Crippen LogP contribution < -0.4 is 5.32 Å². The van der Waals surface area contributed by atoms with E-state index in [0.29, 0.717) is 18.5 Å². The van der Waals surface area contributed by atoms with Gasteiger partial charge in [-0.05, 0) is 38.3 Å². The van der Waals surface area contributed by atoms with Gasteiger partial charge in [-0.25, -0.2) is 9.67 Å². The number of pyridine rings is 1. The zero-order valence-electron chi connectivity index (χ0n) is 16.7. The first-order valence-corrected chi connectivity index (χ1v) is 10.5. The van der Waals surface area contributed by atoms with Gasteiger partial charge in [-0.1, -0.05) is 6.07 Å². The maximum Gasteiger partial charge on any atom is 0.252 e. The van der Waals surface area contributed by atoms with E-state index < -0.39 is 0 Å². The van der Waals surface area contributed by atoms with Gasteiger partial charge in [0.1, 0.15) is 12.2 Å². The van der Waals surface area contributed by atoms with Crippen LogP contribution in [0.15, 0.2) is 36.1 Å². The van der Waals surface area contributed by atoms with Crippen LogP contribution in [0.3, 0.4) is 0 Å². The van der Waals surface area contributed by atoms with Crippen molar-refractivity contribution in [1.29, 1.82) is 0 Å². The second-order valence-electron chi connectivity index (χ2n) is 6.99. The van der Waals surface area contributed by atoms with Crippen molar-refractivity contribution in [3.63, 3.8) is 0 Å². The quantitative estimate of drug-likeness (QED) is 0.506. The number of thiophene rings is 1. The molecule has 0 aromatic carbocycles. The van der Waals surface area contributed by atoms with Crippen molar-refractivity contribution in [1.82, 2.24) is 34.8 Å². The molecule has 0 fully saturated rings. The summed E-state index contributed by atoms with van der Waals surface area (Å²) in [5.41, 5.74) is 2.09. The van der Waals surface area contributed by atoms with Crippen LogP contribution in [0.25, 0.3) is 21.6 Å². The van der Waals surface area contributed by atoms with Crippen LogP contribution in [0.2, 0.25) is 0 Å². The molecule has 1 amide bonds. The first-order chi connectivity index (χ1) is 14.1. The van der Waals surface area contributed by atoms with Gasteiger partial charge in [0, 0.05) is 25.6 Å². The van der Waals surface area contributed by atoms with Crippen molar-refractivity contribution in [2.45, 2.75) is 39.8 Å². The maximum absolute atomic E-state index is 13.0. The molecule has 4 aromatic rings. The Morgan fingerprint density at radius 1 is 1.34 bits per heavy atom. The Bertz CT molecular complexity index is 1130. The number of carbonyl (C=O) groups excluding carboxylic acids is 1. The van der Waals surface area contributed by atoms with Gasteiger partial charge in [0.2, 0.25) is 0 Å². The number of amides is 1. The van der Waals surface area contributed by atoms with Gasteiger partial charge in [0.15, 0.2) is 5.65 Å². The highest BCUT2D eigenvalue weighted by molar-refractivity contribution is 7.13. The molecule has 0 aliphatic heterocycles. The topological polar surface area (TPSA) is 90.5 Å². The average molecular weight is 410 g/mol. The second kappa shape index (κ2) is 8.12. The van der Waals surface area contributed by atoms with Crippen molar-refractivity contribution in [2.24, 2.45) is 0 Å². The van der Waals surface area contributed by atoms with Crippen LogP contribution in [0.5, 0.6) is 0 Å². The summed E-state index contributed by atoms with van der Waals surface area (Å²) in [6.07, 6.45) is 4.05. The molecule has 9 heteroatoms. The van der Waals surface area contributed by atoms with E-state index in [2.05, 4.69) is 34.5 Å². The molecule has 0 atom stereocenters. The lowest BCUT2D eigenvalue weighted by atomic mass is 10.1. The van der Waals surface area contributed by atoms with Crippen LogP contribution in [0, 0.1) is 0 Å². The smallest absolute Gasteiger partial charge is 0.252 e. The number of rotatable bonds is 7. The minimum atomic E-state index is -0.138. The van der Waals surface area contributed by atoms with Gasteiger partial charge in [-0.15, -0.1) is 21.5 Å². The summed E-state index contributed by atoms with van der Waals surface area (Å²) < 4.78 is 3.82. The molecule has 0 radical (unpaired) electrons. The number of aromatic nitrogens is 6. The Labute approximate surface area is 172 Å². The first-order valence-electron chi connectivity index (χ1n) is 9.65. The predicted octanol–water partition coefficient (Wildman–Crippen LogP) is 3.32. The van der Waals surface area contributed by atoms with Crippen LogP contribution in [-0.2, 0) is 13.0 Å². The molecule has 4 heterocycles. The highest BCUT2D eigenvalue weighted by Gasteiger charge is 2.19. The van der Waals surface area contributed by atoms with Crippen molar-refractivity contribution in [2.75, 3.05) is 6.54 Å². The first kappa shape index (κ1) is 19.3. The lowest BCUT2D eigenvalue weighted by molar-refractivity contribution is 0.0955. The van der Waals surface area contributed by atoms with E-state index in [1.54, 1.807) is 23.9 Å². The summed E-state index contributed by atoms with van der Waals surface area (Å²) in [4.78, 5) is 18.8. The van der Waals surface area contributed by atoms with Crippen LogP contribution in [0.1, 0.15) is 43.0 Å². The fourth-order valence-corrected chi connectivity index (χ4v) is 3.94. The molecule has 29 heavy (non-hydrogen) atoms. The summed E-state index contributed by atoms with van der Waals surface area (Å²) in [6.45, 7) is 7.43. The Hall–Kier alpha value is -3.07. The summed E-state index contributed by atoms with van der Waals surface area (Å²) in [5, 5.41) is 18.3. The van der Waals surface area contributed by atoms with Gasteiger partial charge >= 0.3 is 0 Å². The molecule has 0 bridgehead atoms. The Morgan fingerprint density at radius 3 is 2.93 bits per heavy atom. The lowest BCUT2D eigenvalue weighted by Crippen LogP contribution is -2.26. The third-order valence-electron chi connectivity index (χ3n) is 4.74. The third kappa shape index (κ3) is 3.77. The van der Waals surface area contributed by atoms with Gasteiger partial charge in [-0.3, -0.25) is 4.79 Å². The van der Waals surface area contributed by atoms with Gasteiger partial charge < -0.3 is 9.88 Å². The number of hydrogen-bond acceptors (Lipinski definition) is 6. The van der Waals surface area contributed by atoms with E-state index in [-0.39, 0.29) is 11.9 Å². The Balaban J connectivity index is 1.63. The van der Waals surface area contributed by atoms with Crippen molar-refractivity contribution < 1.29 is 4.79 Å². The minimum absolute atomic E-state index is 0.138. The number of nitrogens with one attached hydrogen (secondary N) is 1. The van der Waals surface area contributed by atoms with Crippen molar-refractivity contribution in [3.05, 3.63) is 47.5 Å². The van der Waals surface area contributed by atoms with Crippen molar-refractivity contribution in [3.8, 4) is 10.6 Å². The number of fused-ring (bicyclic) bond motifs is 1. The molecular formula is C20H23N7OS. The zero-order valence-corrected chi connectivity index (χ0v) is 17.5. The zero-order chi connectivity index (χ0) is 20.4. The monoisotopic (exact) mass is 409 g/mol. The van der Waals surface area contributed by atoms with Gasteiger partial charge in [0.25, 0.3) is 5.91 Å². The summed E-state index contributed by atoms with van der Waals surface area (Å²) >= 11 is 1.60. The molecule has 0 aliphatic rings. The number of carbonyl (C=O) groups is 1. The highest BCUT2D eigenvalue weighted by atomic mass is 32.1. The summed E-state index contributed by atoms with van der Waals surface area (Å²) in [6, 6.07) is 5.99. The Morgan fingerprint density at radius 2 is 2.21 bits per heavy atom. The normalized spacial score (nSPS) is 11.4. The molecule has 0 saturated heterocycles. The molecule has 0 spiro atoms. The molecule has 150 valence electrons. The number of hydrogen-bond donors (Lipinski definition) is 1. The standard InChI is InChI=1S/C20H23N7OS/c1-4-26-12-22-25-18(26)7-8-21-20(28)14-10-16(17-6-5-9-29-17)24-19-15(14)11-23-27(19)13(2)3/h5-6,9-13H,4,7-8H2,1-3H3,(H,21,28). The van der Waals surface area contributed by atoms with Crippen LogP contribution in [0.4, 0.5) is 0 Å². The minimum Gasteiger partial charge on any atom is -0.352 e. The molecule has 0 unspecified atom stereocenters. The van der Waals surface area contributed by atoms with E-state index in [4.69, 9.17) is 4.98 Å². The van der Waals surface area contributed by atoms with Gasteiger partial charge in [-0.2, -0.15) is 5.10 Å². The fraction of sp³-hybridized carbons (Fsp3) is 0.350. The average Bonchev–Trinajstić information content (AvgIpc) is 3.46. The molecule has 1 N–H and O–H groups in total. The molecule has 8 nitrogen and oxygen atoms in total. The fourth-order valence-electron chi connectivity index (χ4n) is 3.25. The molecule has 0 saturated carbocycles. The van der Waals surface area contributed by atoms with E-state index in [9.17, 15) is 4.79 Å². The Kier molecular flexibility index (Phi) is 5.39. The van der Waals surface area contributed by atoms with Gasteiger partial charge in [0.05, 0.1) is 27.7 Å². The predicted molar refractivity (Wildman–Crippen MR) is 113 cm³/mol. The van der Waals surface area contributed by atoms with E-state index in [1.807, 2.05) is 39.8 Å². The van der Waals surface area contributed by atoms with E-state index in [1.165, 1.54) is 0 Å². The van der Waals surface area contributed by atoms with E-state index in [0.717, 1.165) is 34.0 Å². The number of nitrogens with zero attached hydrogens (tertiary/aromatic N) is 6. The lowest BCUT2D eigenvalue weighted by Gasteiger charge is -2.10. The molecule has 4 rings (SSSR count). The molecule has 4 aromatic heterocycles. The second-order valence-corrected chi connectivity index (χ2v) is 7.94. The number of aryl methyl sites for hydroxylation is 1. The van der Waals surface area contributed by atoms with E-state index >= 15 is 0 Å². The summed E-state index contributed by atoms with van der Waals surface area (Å²) in [7, 11) is 0. The SMILES string of the molecule is CCn1cnnc1CCNC(=O)c1cc(-c2cccs2)nc2c1cnn2C(C)C. The maximum atomic E-state index is 13.0. The molecule has 0 aliphatic carbocycles. The highest BCUT2D eigenvalue weighted by Crippen LogP contribution is 2.28. The largest absolute Gasteiger partial charge is 0.352 e. The van der Waals surface area contributed by atoms with Crippen molar-refractivity contribution >= 4 is 28.3 Å².